The first kappa shape index (κ1) is 27.7. The molecule has 0 aliphatic heterocycles. The molecule has 4 aromatic rings. The van der Waals surface area contributed by atoms with Gasteiger partial charge in [-0.2, -0.15) is 0 Å². The highest BCUT2D eigenvalue weighted by Gasteiger charge is 2.47. The molecule has 0 unspecified atom stereocenters. The third-order valence-corrected chi connectivity index (χ3v) is 15.3. The molecule has 0 saturated heterocycles. The average Bonchev–Trinajstić information content (AvgIpc) is 3.54. The Labute approximate surface area is 248 Å². The summed E-state index contributed by atoms with van der Waals surface area (Å²) in [4.78, 5) is 0. The van der Waals surface area contributed by atoms with Crippen LogP contribution in [0.2, 0.25) is 12.1 Å². The van der Waals surface area contributed by atoms with Crippen molar-refractivity contribution < 1.29 is 0 Å². The van der Waals surface area contributed by atoms with Crippen molar-refractivity contribution in [2.75, 3.05) is 0 Å². The zero-order valence-corrected chi connectivity index (χ0v) is 26.4. The van der Waals surface area contributed by atoms with Crippen molar-refractivity contribution in [3.8, 4) is 22.3 Å². The van der Waals surface area contributed by atoms with Crippen LogP contribution in [0.25, 0.3) is 32.6 Å². The monoisotopic (exact) mass is 552 g/mol. The zero-order chi connectivity index (χ0) is 28.4. The Morgan fingerprint density at radius 3 is 1.32 bits per heavy atom. The van der Waals surface area contributed by atoms with Gasteiger partial charge in [0.15, 0.2) is 0 Å². The van der Waals surface area contributed by atoms with E-state index in [4.69, 9.17) is 0 Å². The molecule has 41 heavy (non-hydrogen) atoms. The second-order valence-corrected chi connectivity index (χ2v) is 16.5. The van der Waals surface area contributed by atoms with Crippen LogP contribution in [0, 0.1) is 0 Å². The molecule has 208 valence electrons. The predicted octanol–water partition coefficient (Wildman–Crippen LogP) is 11.5. The minimum Gasteiger partial charge on any atom is -0.0686 e. The topological polar surface area (TPSA) is 0 Å². The van der Waals surface area contributed by atoms with E-state index in [2.05, 4.69) is 125 Å². The molecule has 6 rings (SSSR count). The molecule has 0 radical (unpaired) electrons. The first-order chi connectivity index (χ1) is 20.1. The van der Waals surface area contributed by atoms with E-state index in [0.717, 1.165) is 12.8 Å². The van der Waals surface area contributed by atoms with Crippen molar-refractivity contribution in [2.45, 2.75) is 78.3 Å². The Kier molecular flexibility index (Phi) is 8.00. The normalized spacial score (nSPS) is 14.5. The summed E-state index contributed by atoms with van der Waals surface area (Å²) < 4.78 is 0. The van der Waals surface area contributed by atoms with E-state index < -0.39 is 8.07 Å². The Morgan fingerprint density at radius 2 is 0.927 bits per heavy atom. The van der Waals surface area contributed by atoms with Crippen LogP contribution in [0.1, 0.15) is 75.6 Å². The number of hydrogen-bond donors (Lipinski definition) is 0. The number of rotatable bonds is 10. The lowest BCUT2D eigenvalue weighted by molar-refractivity contribution is 0.838. The summed E-state index contributed by atoms with van der Waals surface area (Å²) in [5, 5.41) is 3.55. The summed E-state index contributed by atoms with van der Waals surface area (Å²) in [5.74, 6) is 0. The Bertz CT molecular complexity index is 1480. The smallest absolute Gasteiger partial charge is 0.0686 e. The summed E-state index contributed by atoms with van der Waals surface area (Å²) in [6, 6.07) is 39.2. The lowest BCUT2D eigenvalue weighted by atomic mass is 9.97. The lowest BCUT2D eigenvalue weighted by Crippen LogP contribution is -2.39. The number of allylic oxidation sites excluding steroid dienone is 2. The van der Waals surface area contributed by atoms with Crippen LogP contribution in [0.3, 0.4) is 0 Å². The molecule has 2 aliphatic rings. The van der Waals surface area contributed by atoms with Crippen molar-refractivity contribution in [1.29, 1.82) is 0 Å². The molecular formula is C40H44Si. The number of benzene rings is 4. The van der Waals surface area contributed by atoms with Gasteiger partial charge in [0.1, 0.15) is 8.07 Å². The van der Waals surface area contributed by atoms with E-state index >= 15 is 0 Å². The molecule has 2 aliphatic carbocycles. The predicted molar refractivity (Wildman–Crippen MR) is 182 cm³/mol. The highest BCUT2D eigenvalue weighted by atomic mass is 28.3. The summed E-state index contributed by atoms with van der Waals surface area (Å²) in [7, 11) is -2.17. The van der Waals surface area contributed by atoms with Crippen molar-refractivity contribution >= 4 is 18.5 Å². The van der Waals surface area contributed by atoms with Gasteiger partial charge in [0.25, 0.3) is 0 Å². The molecule has 0 saturated carbocycles. The molecule has 0 bridgehead atoms. The zero-order valence-electron chi connectivity index (χ0n) is 25.4. The SMILES string of the molecule is CCCC[Si](CCCC)(C1=C(C)Cc2cccc(-c3ccccc3)c21)C1=C(C)Cc2cccc(-c3ccccc3)c21. The largest absolute Gasteiger partial charge is 0.119 e. The maximum atomic E-state index is 2.47. The molecule has 1 heteroatoms. The fourth-order valence-electron chi connectivity index (χ4n) is 7.98. The molecule has 0 fully saturated rings. The average molecular weight is 553 g/mol. The van der Waals surface area contributed by atoms with E-state index in [1.807, 2.05) is 0 Å². The minimum atomic E-state index is -2.17. The standard InChI is InChI=1S/C40H44Si/c1-5-7-25-41(26-8-6-2,39-29(3)27-33-21-15-23-35(37(33)39)31-17-11-9-12-18-31)40-30(4)28-34-22-16-24-36(38(34)40)32-19-13-10-14-20-32/h9-24H,5-8,25-28H2,1-4H3. The first-order valence-corrected chi connectivity index (χ1v) is 18.3. The quantitative estimate of drug-likeness (QED) is 0.172. The van der Waals surface area contributed by atoms with Crippen LogP contribution in [-0.2, 0) is 12.8 Å². The summed E-state index contributed by atoms with van der Waals surface area (Å²) >= 11 is 0. The number of fused-ring (bicyclic) bond motifs is 2. The number of unbranched alkanes of at least 4 members (excludes halogenated alkanes) is 2. The summed E-state index contributed by atoms with van der Waals surface area (Å²) in [6.07, 6.45) is 7.29. The van der Waals surface area contributed by atoms with Gasteiger partial charge in [-0.05, 0) is 93.7 Å². The van der Waals surface area contributed by atoms with Gasteiger partial charge in [-0.25, -0.2) is 0 Å². The van der Waals surface area contributed by atoms with E-state index in [1.165, 1.54) is 71.2 Å². The van der Waals surface area contributed by atoms with Crippen LogP contribution in [0.5, 0.6) is 0 Å². The van der Waals surface area contributed by atoms with Crippen molar-refractivity contribution in [3.05, 3.63) is 130 Å². The van der Waals surface area contributed by atoms with Crippen molar-refractivity contribution in [1.82, 2.24) is 0 Å². The third-order valence-electron chi connectivity index (χ3n) is 9.61. The first-order valence-electron chi connectivity index (χ1n) is 15.8. The molecule has 0 N–H and O–H groups in total. The fourth-order valence-corrected chi connectivity index (χ4v) is 14.8. The molecular weight excluding hydrogens is 509 g/mol. The maximum Gasteiger partial charge on any atom is 0.119 e. The Morgan fingerprint density at radius 1 is 0.512 bits per heavy atom. The molecule has 0 atom stereocenters. The van der Waals surface area contributed by atoms with Gasteiger partial charge in [0, 0.05) is 0 Å². The van der Waals surface area contributed by atoms with Gasteiger partial charge in [-0.15, -0.1) is 0 Å². The molecule has 0 amide bonds. The number of hydrogen-bond acceptors (Lipinski definition) is 0. The summed E-state index contributed by atoms with van der Waals surface area (Å²) in [6.45, 7) is 9.71. The highest BCUT2D eigenvalue weighted by Crippen LogP contribution is 2.56. The van der Waals surface area contributed by atoms with E-state index in [1.54, 1.807) is 32.7 Å². The Balaban J connectivity index is 1.65. The third kappa shape index (κ3) is 4.89. The molecule has 0 heterocycles. The maximum absolute atomic E-state index is 2.47. The van der Waals surface area contributed by atoms with Gasteiger partial charge in [0.2, 0.25) is 0 Å². The molecule has 0 nitrogen and oxygen atoms in total. The van der Waals surface area contributed by atoms with Gasteiger partial charge >= 0.3 is 0 Å². The van der Waals surface area contributed by atoms with Gasteiger partial charge in [-0.3, -0.25) is 0 Å². The van der Waals surface area contributed by atoms with E-state index in [9.17, 15) is 0 Å². The summed E-state index contributed by atoms with van der Waals surface area (Å²) in [5.41, 5.74) is 15.1. The van der Waals surface area contributed by atoms with E-state index in [-0.39, 0.29) is 0 Å². The van der Waals surface area contributed by atoms with Crippen molar-refractivity contribution in [2.24, 2.45) is 0 Å². The van der Waals surface area contributed by atoms with Crippen LogP contribution in [-0.4, -0.2) is 8.07 Å². The lowest BCUT2D eigenvalue weighted by Gasteiger charge is -2.39. The molecule has 0 spiro atoms. The van der Waals surface area contributed by atoms with Gasteiger partial charge < -0.3 is 0 Å². The Hall–Kier alpha value is -3.42. The van der Waals surface area contributed by atoms with E-state index in [0.29, 0.717) is 0 Å². The minimum absolute atomic E-state index is 1.10. The van der Waals surface area contributed by atoms with Gasteiger partial charge in [0.05, 0.1) is 0 Å². The van der Waals surface area contributed by atoms with Crippen LogP contribution in [0.4, 0.5) is 0 Å². The second kappa shape index (κ2) is 11.8. The van der Waals surface area contributed by atoms with Gasteiger partial charge in [-0.1, -0.05) is 148 Å². The van der Waals surface area contributed by atoms with Crippen molar-refractivity contribution in [3.63, 3.8) is 0 Å². The fraction of sp³-hybridized carbons (Fsp3) is 0.300. The van der Waals surface area contributed by atoms with Crippen LogP contribution < -0.4 is 0 Å². The molecule has 4 aromatic carbocycles. The van der Waals surface area contributed by atoms with Crippen LogP contribution >= 0.6 is 0 Å². The molecule has 0 aromatic heterocycles. The second-order valence-electron chi connectivity index (χ2n) is 12.4. The van der Waals surface area contributed by atoms with Crippen LogP contribution in [0.15, 0.2) is 108 Å². The highest BCUT2D eigenvalue weighted by molar-refractivity contribution is 7.10.